The molecule has 0 aromatic heterocycles. The van der Waals surface area contributed by atoms with Gasteiger partial charge < -0.3 is 48.7 Å². The lowest BCUT2D eigenvalue weighted by Gasteiger charge is -2.47. The SMILES string of the molecule is C=C1C[C@@H]2CC[C@@]34C[C@H]5O[C@H]6C(O3)[C@H]3O[C@H](CC[C@@H]3O[C@H]6[C@H]5O4)CC(=O)CC3[C@H](CC4O[C@@H](CCC1O2)C[C@@H](C)C4=C)O[C@H](C[C@H](O)CN)[C@@H]3C. The van der Waals surface area contributed by atoms with Gasteiger partial charge in [0.25, 0.3) is 0 Å². The van der Waals surface area contributed by atoms with Gasteiger partial charge in [0, 0.05) is 45.1 Å². The van der Waals surface area contributed by atoms with Crippen LogP contribution in [0.1, 0.15) is 97.3 Å². The fraction of sp³-hybridized carbons (Fsp3) is 0.875. The lowest BCUT2D eigenvalue weighted by molar-refractivity contribution is -0.292. The molecule has 0 aromatic rings. The molecule has 12 bridgehead atoms. The van der Waals surface area contributed by atoms with E-state index in [9.17, 15) is 9.90 Å². The molecule has 10 aliphatic heterocycles. The van der Waals surface area contributed by atoms with Crippen LogP contribution in [0.25, 0.3) is 0 Å². The first-order chi connectivity index (χ1) is 24.6. The van der Waals surface area contributed by atoms with E-state index in [0.29, 0.717) is 44.4 Å². The Morgan fingerprint density at radius 1 is 0.765 bits per heavy atom. The third-order valence-corrected chi connectivity index (χ3v) is 14.2. The zero-order chi connectivity index (χ0) is 35.2. The molecular formula is C40H59NO10. The van der Waals surface area contributed by atoms with Gasteiger partial charge >= 0.3 is 0 Å². The van der Waals surface area contributed by atoms with Crippen molar-refractivity contribution in [2.45, 2.75) is 195 Å². The van der Waals surface area contributed by atoms with Crippen molar-refractivity contribution >= 4 is 5.78 Å². The predicted molar refractivity (Wildman–Crippen MR) is 185 cm³/mol. The molecule has 3 N–H and O–H groups in total. The highest BCUT2D eigenvalue weighted by Gasteiger charge is 2.68. The number of Topliss-reactive ketones (excluding diaryl/α,β-unsaturated/α-hetero) is 1. The zero-order valence-electron chi connectivity index (χ0n) is 30.4. The normalized spacial score (nSPS) is 53.2. The first kappa shape index (κ1) is 35.5. The minimum Gasteiger partial charge on any atom is -0.392 e. The maximum atomic E-state index is 14.0. The Morgan fingerprint density at radius 2 is 1.51 bits per heavy atom. The molecule has 0 aliphatic carbocycles. The van der Waals surface area contributed by atoms with Crippen molar-refractivity contribution < 1.29 is 47.8 Å². The van der Waals surface area contributed by atoms with Crippen molar-refractivity contribution in [3.8, 4) is 0 Å². The average molecular weight is 714 g/mol. The van der Waals surface area contributed by atoms with Crippen LogP contribution in [-0.2, 0) is 42.7 Å². The van der Waals surface area contributed by atoms with E-state index >= 15 is 0 Å². The number of ketones is 1. The molecule has 10 heterocycles. The number of carbonyl (C=O) groups is 1. The molecule has 284 valence electrons. The number of hydrogen-bond acceptors (Lipinski definition) is 11. The molecule has 0 saturated carbocycles. The average Bonchev–Trinajstić information content (AvgIpc) is 3.77. The van der Waals surface area contributed by atoms with Crippen molar-refractivity contribution in [2.75, 3.05) is 6.54 Å². The van der Waals surface area contributed by atoms with Crippen LogP contribution < -0.4 is 5.73 Å². The summed E-state index contributed by atoms with van der Waals surface area (Å²) in [5, 5.41) is 10.5. The van der Waals surface area contributed by atoms with Crippen molar-refractivity contribution in [3.63, 3.8) is 0 Å². The first-order valence-corrected chi connectivity index (χ1v) is 20.1. The van der Waals surface area contributed by atoms with E-state index in [4.69, 9.17) is 43.6 Å². The third kappa shape index (κ3) is 6.53. The summed E-state index contributed by atoms with van der Waals surface area (Å²) < 4.78 is 54.0. The molecule has 10 aliphatic rings. The van der Waals surface area contributed by atoms with Crippen LogP contribution in [-0.4, -0.2) is 115 Å². The van der Waals surface area contributed by atoms with Crippen LogP contribution in [0, 0.1) is 17.8 Å². The minimum atomic E-state index is -0.765. The number of nitrogens with two attached hydrogens (primary N) is 1. The summed E-state index contributed by atoms with van der Waals surface area (Å²) in [5.41, 5.74) is 8.06. The van der Waals surface area contributed by atoms with Gasteiger partial charge in [0.15, 0.2) is 5.79 Å². The van der Waals surface area contributed by atoms with Crippen LogP contribution in [0.3, 0.4) is 0 Å². The summed E-state index contributed by atoms with van der Waals surface area (Å²) in [4.78, 5) is 14.0. The largest absolute Gasteiger partial charge is 0.392 e. The molecular weight excluding hydrogens is 654 g/mol. The van der Waals surface area contributed by atoms with Crippen molar-refractivity contribution in [3.05, 3.63) is 24.3 Å². The van der Waals surface area contributed by atoms with E-state index in [1.165, 1.54) is 0 Å². The fourth-order valence-corrected chi connectivity index (χ4v) is 11.3. The Balaban J connectivity index is 0.986. The van der Waals surface area contributed by atoms with Gasteiger partial charge in [-0.05, 0) is 73.8 Å². The highest BCUT2D eigenvalue weighted by atomic mass is 16.8. The van der Waals surface area contributed by atoms with E-state index in [-0.39, 0.29) is 110 Å². The predicted octanol–water partition coefficient (Wildman–Crippen LogP) is 4.06. The van der Waals surface area contributed by atoms with Crippen LogP contribution >= 0.6 is 0 Å². The number of aliphatic hydroxyl groups is 1. The van der Waals surface area contributed by atoms with Crippen molar-refractivity contribution in [1.29, 1.82) is 0 Å². The fourth-order valence-electron chi connectivity index (χ4n) is 11.3. The summed E-state index contributed by atoms with van der Waals surface area (Å²) in [7, 11) is 0. The molecule has 1 spiro atoms. The van der Waals surface area contributed by atoms with Gasteiger partial charge in [-0.1, -0.05) is 27.0 Å². The molecule has 0 aromatic carbocycles. The number of hydrogen-bond donors (Lipinski definition) is 2. The summed E-state index contributed by atoms with van der Waals surface area (Å²) in [5.74, 6) is -0.222. The van der Waals surface area contributed by atoms with Gasteiger partial charge in [0.05, 0.1) is 61.0 Å². The first-order valence-electron chi connectivity index (χ1n) is 20.1. The number of fused-ring (bicyclic) bond motifs is 6. The van der Waals surface area contributed by atoms with E-state index < -0.39 is 11.9 Å². The lowest BCUT2D eigenvalue weighted by atomic mass is 9.78. The standard InChI is InChI=1S/C40H59NO10/c1-19-11-25-5-7-29-20(2)12-27(44-29)9-10-40-17-34-36(50-40)37-38(49-34)39(51-40)35-30(48-37)8-6-26(46-35)13-23(42)14-28-22(4)31(15-24(43)18-41)47-33(28)16-32(45-25)21(19)3/h19,22,24-39,43H,2-3,5-18,41H2,1,4H3/t19-,22-,24+,25+,26-,27+,28?,29?,30+,31-,32?,33+,34-,35+,36+,37+,38-,39?,40+/m1/s1. The Kier molecular flexibility index (Phi) is 9.59. The highest BCUT2D eigenvalue weighted by Crippen LogP contribution is 2.54. The molecule has 4 unspecified atom stereocenters. The topological polar surface area (TPSA) is 137 Å². The van der Waals surface area contributed by atoms with Gasteiger partial charge in [0.1, 0.15) is 36.3 Å². The summed E-state index contributed by atoms with van der Waals surface area (Å²) in [6, 6.07) is 0. The van der Waals surface area contributed by atoms with E-state index in [2.05, 4.69) is 27.0 Å². The van der Waals surface area contributed by atoms with Gasteiger partial charge in [-0.25, -0.2) is 0 Å². The molecule has 19 atom stereocenters. The molecule has 0 radical (unpaired) electrons. The monoisotopic (exact) mass is 713 g/mol. The Bertz CT molecular complexity index is 1360. The second-order valence-electron chi connectivity index (χ2n) is 17.6. The molecule has 11 nitrogen and oxygen atoms in total. The minimum absolute atomic E-state index is 0.00127. The molecule has 51 heavy (non-hydrogen) atoms. The van der Waals surface area contributed by atoms with E-state index in [0.717, 1.165) is 56.1 Å². The lowest BCUT2D eigenvalue weighted by Crippen LogP contribution is -2.61. The van der Waals surface area contributed by atoms with Gasteiger partial charge in [-0.3, -0.25) is 4.79 Å². The molecule has 0 amide bonds. The molecule has 11 heteroatoms. The van der Waals surface area contributed by atoms with E-state index in [1.54, 1.807) is 0 Å². The Morgan fingerprint density at radius 3 is 2.35 bits per heavy atom. The Hall–Kier alpha value is -1.25. The molecule has 10 rings (SSSR count). The summed E-state index contributed by atoms with van der Waals surface area (Å²) >= 11 is 0. The van der Waals surface area contributed by atoms with Crippen molar-refractivity contribution in [2.24, 2.45) is 23.5 Å². The summed E-state index contributed by atoms with van der Waals surface area (Å²) in [6.45, 7) is 13.5. The van der Waals surface area contributed by atoms with Gasteiger partial charge in [-0.2, -0.15) is 0 Å². The number of ether oxygens (including phenoxy) is 8. The second-order valence-corrected chi connectivity index (χ2v) is 17.6. The number of rotatable bonds is 3. The second kappa shape index (κ2) is 13.8. The highest BCUT2D eigenvalue weighted by molar-refractivity contribution is 5.79. The number of carbonyl (C=O) groups excluding carboxylic acids is 1. The van der Waals surface area contributed by atoms with Crippen molar-refractivity contribution in [1.82, 2.24) is 0 Å². The maximum Gasteiger partial charge on any atom is 0.172 e. The molecule has 10 saturated heterocycles. The summed E-state index contributed by atoms with van der Waals surface area (Å²) in [6.07, 6.45) is 6.43. The van der Waals surface area contributed by atoms with Gasteiger partial charge in [0.2, 0.25) is 0 Å². The van der Waals surface area contributed by atoms with Crippen LogP contribution in [0.2, 0.25) is 0 Å². The van der Waals surface area contributed by atoms with E-state index in [1.807, 2.05) is 0 Å². The zero-order valence-corrected chi connectivity index (χ0v) is 30.4. The Labute approximate surface area is 302 Å². The van der Waals surface area contributed by atoms with Crippen LogP contribution in [0.4, 0.5) is 0 Å². The smallest absolute Gasteiger partial charge is 0.172 e. The molecule has 10 fully saturated rings. The van der Waals surface area contributed by atoms with Gasteiger partial charge in [-0.15, -0.1) is 0 Å². The quantitative estimate of drug-likeness (QED) is 0.410. The maximum absolute atomic E-state index is 14.0. The van der Waals surface area contributed by atoms with Crippen LogP contribution in [0.5, 0.6) is 0 Å². The van der Waals surface area contributed by atoms with Crippen LogP contribution in [0.15, 0.2) is 24.3 Å². The number of aliphatic hydroxyl groups excluding tert-OH is 1. The third-order valence-electron chi connectivity index (χ3n) is 14.2.